The summed E-state index contributed by atoms with van der Waals surface area (Å²) in [6, 6.07) is 8.32. The van der Waals surface area contributed by atoms with Gasteiger partial charge in [0.15, 0.2) is 0 Å². The van der Waals surface area contributed by atoms with E-state index in [2.05, 4.69) is 58.8 Å². The average molecular weight is 476 g/mol. The molecule has 8 nitrogen and oxygen atoms in total. The molecule has 2 unspecified atom stereocenters. The number of aromatic nitrogens is 4. The highest BCUT2D eigenvalue weighted by molar-refractivity contribution is 5.83. The standard InChI is InChI=1S/C27H33N5O3/c1-18-7-6-8-21-22(19-9-11-20(12-10-19)24-28-30-31(5)29-24)17-27(34-23(18)21)13-15-32(16-14-27)25(33)35-26(2,3)4/h6-12,17-18,23H,13-16H2,1-5H3. The van der Waals surface area contributed by atoms with Crippen LogP contribution >= 0.6 is 0 Å². The van der Waals surface area contributed by atoms with E-state index in [0.29, 0.717) is 18.9 Å². The van der Waals surface area contributed by atoms with Crippen molar-refractivity contribution in [2.45, 2.75) is 57.8 Å². The van der Waals surface area contributed by atoms with Crippen LogP contribution in [0.25, 0.3) is 17.0 Å². The Bertz CT molecular complexity index is 1190. The number of hydrogen-bond donors (Lipinski definition) is 0. The van der Waals surface area contributed by atoms with Gasteiger partial charge in [0.2, 0.25) is 5.82 Å². The van der Waals surface area contributed by atoms with Gasteiger partial charge in [-0.25, -0.2) is 4.79 Å². The quantitative estimate of drug-likeness (QED) is 0.633. The molecule has 0 N–H and O–H groups in total. The van der Waals surface area contributed by atoms with Gasteiger partial charge >= 0.3 is 6.09 Å². The number of carbonyl (C=O) groups excluding carboxylic acids is 1. The van der Waals surface area contributed by atoms with Gasteiger partial charge in [0.05, 0.1) is 18.8 Å². The van der Waals surface area contributed by atoms with Crippen molar-refractivity contribution in [3.63, 3.8) is 0 Å². The van der Waals surface area contributed by atoms with E-state index in [4.69, 9.17) is 9.47 Å². The van der Waals surface area contributed by atoms with Gasteiger partial charge in [0.1, 0.15) is 5.60 Å². The summed E-state index contributed by atoms with van der Waals surface area (Å²) >= 11 is 0. The monoisotopic (exact) mass is 475 g/mol. The zero-order valence-corrected chi connectivity index (χ0v) is 21.1. The van der Waals surface area contributed by atoms with E-state index in [0.717, 1.165) is 24.0 Å². The van der Waals surface area contributed by atoms with E-state index in [9.17, 15) is 4.79 Å². The number of carbonyl (C=O) groups is 1. The zero-order chi connectivity index (χ0) is 24.8. The third-order valence-corrected chi connectivity index (χ3v) is 6.78. The Morgan fingerprint density at radius 1 is 1.14 bits per heavy atom. The highest BCUT2D eigenvalue weighted by Gasteiger charge is 2.44. The van der Waals surface area contributed by atoms with Crippen LogP contribution in [0.4, 0.5) is 4.79 Å². The fourth-order valence-corrected chi connectivity index (χ4v) is 4.97. The van der Waals surface area contributed by atoms with E-state index in [1.54, 1.807) is 11.9 Å². The molecule has 1 aromatic heterocycles. The number of aryl methyl sites for hydroxylation is 1. The topological polar surface area (TPSA) is 82.4 Å². The maximum absolute atomic E-state index is 12.6. The molecule has 2 aliphatic heterocycles. The molecule has 5 rings (SSSR count). The highest BCUT2D eigenvalue weighted by Crippen LogP contribution is 2.45. The van der Waals surface area contributed by atoms with E-state index in [1.165, 1.54) is 15.9 Å². The number of likely N-dealkylation sites (tertiary alicyclic amines) is 1. The Kier molecular flexibility index (Phi) is 5.87. The lowest BCUT2D eigenvalue weighted by atomic mass is 9.77. The largest absolute Gasteiger partial charge is 0.444 e. The molecule has 3 aliphatic rings. The molecular weight excluding hydrogens is 442 g/mol. The molecule has 0 saturated carbocycles. The van der Waals surface area contributed by atoms with Crippen LogP contribution in [-0.2, 0) is 16.5 Å². The second kappa shape index (κ2) is 8.75. The lowest BCUT2D eigenvalue weighted by molar-refractivity contribution is -0.0940. The molecule has 0 bridgehead atoms. The van der Waals surface area contributed by atoms with Gasteiger partial charge in [-0.2, -0.15) is 4.80 Å². The first kappa shape index (κ1) is 23.5. The fourth-order valence-electron chi connectivity index (χ4n) is 4.97. The maximum Gasteiger partial charge on any atom is 0.410 e. The Hall–Kier alpha value is -3.26. The van der Waals surface area contributed by atoms with Crippen LogP contribution in [0.5, 0.6) is 0 Å². The molecule has 1 spiro atoms. The van der Waals surface area contributed by atoms with Crippen molar-refractivity contribution in [3.05, 3.63) is 59.7 Å². The number of amides is 1. The summed E-state index contributed by atoms with van der Waals surface area (Å²) < 4.78 is 12.4. The van der Waals surface area contributed by atoms with Crippen molar-refractivity contribution in [1.82, 2.24) is 25.1 Å². The summed E-state index contributed by atoms with van der Waals surface area (Å²) in [7, 11) is 1.76. The Morgan fingerprint density at radius 3 is 2.46 bits per heavy atom. The number of hydrogen-bond acceptors (Lipinski definition) is 6. The Balaban J connectivity index is 1.43. The number of benzene rings is 1. The van der Waals surface area contributed by atoms with E-state index >= 15 is 0 Å². The van der Waals surface area contributed by atoms with Crippen molar-refractivity contribution in [3.8, 4) is 11.4 Å². The summed E-state index contributed by atoms with van der Waals surface area (Å²) in [6.07, 6.45) is 9.96. The third kappa shape index (κ3) is 4.80. The van der Waals surface area contributed by atoms with Crippen LogP contribution in [0.1, 0.15) is 46.1 Å². The fraction of sp³-hybridized carbons (Fsp3) is 0.481. The number of tetrazole rings is 1. The summed E-state index contributed by atoms with van der Waals surface area (Å²) in [4.78, 5) is 15.9. The number of allylic oxidation sites excluding steroid dienone is 2. The smallest absolute Gasteiger partial charge is 0.410 e. The molecule has 1 amide bonds. The van der Waals surface area contributed by atoms with Crippen LogP contribution in [-0.4, -0.2) is 61.6 Å². The first-order valence-electron chi connectivity index (χ1n) is 12.2. The molecule has 0 radical (unpaired) electrons. The van der Waals surface area contributed by atoms with Gasteiger partial charge in [-0.1, -0.05) is 49.4 Å². The molecule has 8 heteroatoms. The molecule has 2 aromatic rings. The predicted octanol–water partition coefficient (Wildman–Crippen LogP) is 4.56. The minimum absolute atomic E-state index is 0.0191. The number of piperidine rings is 1. The van der Waals surface area contributed by atoms with Crippen molar-refractivity contribution in [2.75, 3.05) is 13.1 Å². The minimum Gasteiger partial charge on any atom is -0.444 e. The maximum atomic E-state index is 12.6. The third-order valence-electron chi connectivity index (χ3n) is 6.78. The van der Waals surface area contributed by atoms with E-state index in [1.807, 2.05) is 32.9 Å². The lowest BCUT2D eigenvalue weighted by Gasteiger charge is -2.47. The van der Waals surface area contributed by atoms with Crippen LogP contribution in [0.3, 0.4) is 0 Å². The Labute approximate surface area is 206 Å². The molecule has 35 heavy (non-hydrogen) atoms. The normalized spacial score (nSPS) is 23.5. The highest BCUT2D eigenvalue weighted by atomic mass is 16.6. The minimum atomic E-state index is -0.503. The van der Waals surface area contributed by atoms with E-state index < -0.39 is 11.2 Å². The second-order valence-corrected chi connectivity index (χ2v) is 10.7. The first-order chi connectivity index (χ1) is 16.6. The van der Waals surface area contributed by atoms with Gasteiger partial charge < -0.3 is 14.4 Å². The summed E-state index contributed by atoms with van der Waals surface area (Å²) in [6.45, 7) is 9.09. The molecule has 1 aliphatic carbocycles. The average Bonchev–Trinajstić information content (AvgIpc) is 3.25. The second-order valence-electron chi connectivity index (χ2n) is 10.7. The summed E-state index contributed by atoms with van der Waals surface area (Å²) in [5, 5.41) is 12.4. The molecule has 1 aromatic carbocycles. The molecule has 1 saturated heterocycles. The zero-order valence-electron chi connectivity index (χ0n) is 21.1. The molecular formula is C27H33N5O3. The van der Waals surface area contributed by atoms with Crippen molar-refractivity contribution in [1.29, 1.82) is 0 Å². The van der Waals surface area contributed by atoms with Gasteiger partial charge in [-0.15, -0.1) is 10.2 Å². The lowest BCUT2D eigenvalue weighted by Crippen LogP contribution is -2.52. The van der Waals surface area contributed by atoms with Crippen molar-refractivity contribution >= 4 is 11.7 Å². The SMILES string of the molecule is CC1C=CC=C2C(c3ccc(-c4nnn(C)n4)cc3)=CC3(CCN(C(=O)OC(C)(C)C)CC3)OC21. The van der Waals surface area contributed by atoms with E-state index in [-0.39, 0.29) is 18.1 Å². The van der Waals surface area contributed by atoms with Crippen LogP contribution in [0, 0.1) is 5.92 Å². The Morgan fingerprint density at radius 2 is 1.83 bits per heavy atom. The number of fused-ring (bicyclic) bond motifs is 1. The number of ether oxygens (including phenoxy) is 2. The molecule has 3 heterocycles. The van der Waals surface area contributed by atoms with Crippen LogP contribution < -0.4 is 0 Å². The predicted molar refractivity (Wildman–Crippen MR) is 133 cm³/mol. The van der Waals surface area contributed by atoms with Crippen molar-refractivity contribution < 1.29 is 14.3 Å². The first-order valence-corrected chi connectivity index (χ1v) is 12.2. The molecule has 1 fully saturated rings. The summed E-state index contributed by atoms with van der Waals surface area (Å²) in [5.41, 5.74) is 3.54. The molecule has 184 valence electrons. The van der Waals surface area contributed by atoms with Gasteiger partial charge in [-0.05, 0) is 61.6 Å². The van der Waals surface area contributed by atoms with Gasteiger partial charge in [-0.3, -0.25) is 0 Å². The van der Waals surface area contributed by atoms with Gasteiger partial charge in [0.25, 0.3) is 0 Å². The van der Waals surface area contributed by atoms with Gasteiger partial charge in [0, 0.05) is 24.6 Å². The molecule has 2 atom stereocenters. The van der Waals surface area contributed by atoms with Crippen molar-refractivity contribution in [2.24, 2.45) is 13.0 Å². The summed E-state index contributed by atoms with van der Waals surface area (Å²) in [5.74, 6) is 0.875. The van der Waals surface area contributed by atoms with Crippen LogP contribution in [0.2, 0.25) is 0 Å². The number of rotatable bonds is 2. The number of nitrogens with zero attached hydrogens (tertiary/aromatic N) is 5. The van der Waals surface area contributed by atoms with Crippen LogP contribution in [0.15, 0.2) is 54.1 Å².